The van der Waals surface area contributed by atoms with Crippen LogP contribution in [-0.2, 0) is 0 Å². The van der Waals surface area contributed by atoms with Crippen molar-refractivity contribution < 1.29 is 5.11 Å². The van der Waals surface area contributed by atoms with Crippen LogP contribution in [0.15, 0.2) is 42.5 Å². The van der Waals surface area contributed by atoms with Gasteiger partial charge in [0, 0.05) is 16.1 Å². The number of rotatable bonds is 1. The third kappa shape index (κ3) is 2.27. The molecular weight excluding hydrogens is 303 g/mol. The van der Waals surface area contributed by atoms with Gasteiger partial charge in [-0.3, -0.25) is 0 Å². The minimum Gasteiger partial charge on any atom is -0.507 e. The minimum atomic E-state index is 0.209. The molecule has 0 fully saturated rings. The molecule has 106 valence electrons. The third-order valence-electron chi connectivity index (χ3n) is 3.80. The third-order valence-corrected chi connectivity index (χ3v) is 4.68. The van der Waals surface area contributed by atoms with Gasteiger partial charge >= 0.3 is 0 Å². The van der Waals surface area contributed by atoms with Crippen molar-refractivity contribution in [1.29, 1.82) is 0 Å². The number of aryl methyl sites for hydroxylation is 1. The number of phenolic OH excluding ortho intramolecular Hbond substituents is 1. The summed E-state index contributed by atoms with van der Waals surface area (Å²) in [7, 11) is 0. The summed E-state index contributed by atoms with van der Waals surface area (Å²) in [5.41, 5.74) is 3.31. The average Bonchev–Trinajstić information content (AvgIpc) is 2.47. The number of aromatic hydroxyl groups is 1. The molecule has 0 aliphatic carbocycles. The summed E-state index contributed by atoms with van der Waals surface area (Å²) < 4.78 is 0. The molecule has 0 aliphatic heterocycles. The fraction of sp³-hybridized carbons (Fsp3) is 0.111. The van der Waals surface area contributed by atoms with Crippen LogP contribution >= 0.6 is 23.2 Å². The second-order valence-electron chi connectivity index (χ2n) is 5.17. The highest BCUT2D eigenvalue weighted by atomic mass is 35.5. The SMILES string of the molecule is Cc1cc(Cl)c(C)c(-c2c(O)ccc3ccccc23)c1Cl. The monoisotopic (exact) mass is 316 g/mol. The second-order valence-corrected chi connectivity index (χ2v) is 5.96. The van der Waals surface area contributed by atoms with Gasteiger partial charge in [0.15, 0.2) is 0 Å². The Hall–Kier alpha value is -1.70. The van der Waals surface area contributed by atoms with Gasteiger partial charge in [-0.05, 0) is 47.9 Å². The Bertz CT molecular complexity index is 827. The summed E-state index contributed by atoms with van der Waals surface area (Å²) >= 11 is 12.8. The zero-order valence-electron chi connectivity index (χ0n) is 11.7. The molecule has 3 aromatic rings. The van der Waals surface area contributed by atoms with Crippen molar-refractivity contribution in [2.45, 2.75) is 13.8 Å². The van der Waals surface area contributed by atoms with Crippen LogP contribution in [0.5, 0.6) is 5.75 Å². The van der Waals surface area contributed by atoms with Gasteiger partial charge in [-0.15, -0.1) is 0 Å². The van der Waals surface area contributed by atoms with E-state index in [2.05, 4.69) is 0 Å². The molecule has 0 heterocycles. The van der Waals surface area contributed by atoms with Gasteiger partial charge in [0.1, 0.15) is 5.75 Å². The van der Waals surface area contributed by atoms with Crippen LogP contribution in [0.1, 0.15) is 11.1 Å². The van der Waals surface area contributed by atoms with E-state index in [0.29, 0.717) is 10.0 Å². The van der Waals surface area contributed by atoms with Crippen LogP contribution in [0.25, 0.3) is 21.9 Å². The van der Waals surface area contributed by atoms with Crippen LogP contribution in [0, 0.1) is 13.8 Å². The highest BCUT2D eigenvalue weighted by molar-refractivity contribution is 6.37. The number of hydrogen-bond donors (Lipinski definition) is 1. The molecule has 0 aromatic heterocycles. The van der Waals surface area contributed by atoms with Gasteiger partial charge < -0.3 is 5.11 Å². The normalized spacial score (nSPS) is 11.0. The molecule has 0 amide bonds. The number of hydrogen-bond acceptors (Lipinski definition) is 1. The molecule has 3 aromatic carbocycles. The Morgan fingerprint density at radius 1 is 0.905 bits per heavy atom. The average molecular weight is 317 g/mol. The smallest absolute Gasteiger partial charge is 0.124 e. The molecule has 1 nitrogen and oxygen atoms in total. The largest absolute Gasteiger partial charge is 0.507 e. The standard InChI is InChI=1S/C18H14Cl2O/c1-10-9-14(19)11(2)16(18(10)20)17-13-6-4-3-5-12(13)7-8-15(17)21/h3-9,21H,1-2H3. The van der Waals surface area contributed by atoms with Crippen LogP contribution < -0.4 is 0 Å². The predicted molar refractivity (Wildman–Crippen MR) is 90.5 cm³/mol. The first-order valence-corrected chi connectivity index (χ1v) is 7.42. The molecule has 3 rings (SSSR count). The number of phenols is 1. The van der Waals surface area contributed by atoms with Crippen molar-refractivity contribution in [1.82, 2.24) is 0 Å². The van der Waals surface area contributed by atoms with Crippen LogP contribution in [0.3, 0.4) is 0 Å². The molecule has 0 atom stereocenters. The molecule has 1 N–H and O–H groups in total. The molecule has 0 aliphatic rings. The van der Waals surface area contributed by atoms with Crippen molar-refractivity contribution in [3.63, 3.8) is 0 Å². The van der Waals surface area contributed by atoms with Gasteiger partial charge in [0.2, 0.25) is 0 Å². The van der Waals surface area contributed by atoms with Crippen molar-refractivity contribution in [3.05, 3.63) is 63.6 Å². The van der Waals surface area contributed by atoms with E-state index in [1.807, 2.05) is 50.2 Å². The highest BCUT2D eigenvalue weighted by Crippen LogP contribution is 2.44. The Kier molecular flexibility index (Phi) is 3.56. The lowest BCUT2D eigenvalue weighted by Gasteiger charge is -2.16. The van der Waals surface area contributed by atoms with Crippen molar-refractivity contribution in [3.8, 4) is 16.9 Å². The van der Waals surface area contributed by atoms with E-state index in [4.69, 9.17) is 23.2 Å². The van der Waals surface area contributed by atoms with E-state index in [9.17, 15) is 5.11 Å². The first-order chi connectivity index (χ1) is 10.0. The van der Waals surface area contributed by atoms with E-state index >= 15 is 0 Å². The summed E-state index contributed by atoms with van der Waals surface area (Å²) in [4.78, 5) is 0. The lowest BCUT2D eigenvalue weighted by atomic mass is 9.93. The fourth-order valence-corrected chi connectivity index (χ4v) is 3.21. The van der Waals surface area contributed by atoms with E-state index in [1.165, 1.54) is 0 Å². The van der Waals surface area contributed by atoms with Gasteiger partial charge in [-0.1, -0.05) is 53.5 Å². The van der Waals surface area contributed by atoms with Crippen molar-refractivity contribution in [2.24, 2.45) is 0 Å². The zero-order chi connectivity index (χ0) is 15.1. The second kappa shape index (κ2) is 5.25. The summed E-state index contributed by atoms with van der Waals surface area (Å²) in [6, 6.07) is 13.4. The van der Waals surface area contributed by atoms with Crippen molar-refractivity contribution >= 4 is 34.0 Å². The number of fused-ring (bicyclic) bond motifs is 1. The quantitative estimate of drug-likeness (QED) is 0.572. The van der Waals surface area contributed by atoms with E-state index in [-0.39, 0.29) is 5.75 Å². The lowest BCUT2D eigenvalue weighted by molar-refractivity contribution is 0.478. The Balaban J connectivity index is 2.49. The van der Waals surface area contributed by atoms with Crippen LogP contribution in [0.4, 0.5) is 0 Å². The van der Waals surface area contributed by atoms with Gasteiger partial charge in [0.25, 0.3) is 0 Å². The lowest BCUT2D eigenvalue weighted by Crippen LogP contribution is -1.92. The molecule has 21 heavy (non-hydrogen) atoms. The van der Waals surface area contributed by atoms with Gasteiger partial charge in [-0.2, -0.15) is 0 Å². The van der Waals surface area contributed by atoms with Gasteiger partial charge in [-0.25, -0.2) is 0 Å². The Morgan fingerprint density at radius 3 is 2.38 bits per heavy atom. The Morgan fingerprint density at radius 2 is 1.62 bits per heavy atom. The van der Waals surface area contributed by atoms with Crippen molar-refractivity contribution in [2.75, 3.05) is 0 Å². The minimum absolute atomic E-state index is 0.209. The van der Waals surface area contributed by atoms with E-state index in [1.54, 1.807) is 6.07 Å². The molecule has 0 unspecified atom stereocenters. The summed E-state index contributed by atoms with van der Waals surface area (Å²) in [6.07, 6.45) is 0. The van der Waals surface area contributed by atoms with E-state index in [0.717, 1.165) is 33.0 Å². The predicted octanol–water partition coefficient (Wildman–Crippen LogP) is 6.14. The first kappa shape index (κ1) is 14.2. The molecule has 3 heteroatoms. The maximum absolute atomic E-state index is 10.4. The van der Waals surface area contributed by atoms with Crippen LogP contribution in [-0.4, -0.2) is 5.11 Å². The molecule has 0 bridgehead atoms. The zero-order valence-corrected chi connectivity index (χ0v) is 13.3. The maximum atomic E-state index is 10.4. The highest BCUT2D eigenvalue weighted by Gasteiger charge is 2.18. The topological polar surface area (TPSA) is 20.2 Å². The fourth-order valence-electron chi connectivity index (χ4n) is 2.66. The molecular formula is C18H14Cl2O. The maximum Gasteiger partial charge on any atom is 0.124 e. The summed E-state index contributed by atoms with van der Waals surface area (Å²) in [5, 5.41) is 13.7. The summed E-state index contributed by atoms with van der Waals surface area (Å²) in [5.74, 6) is 0.209. The van der Waals surface area contributed by atoms with Gasteiger partial charge in [0.05, 0.1) is 5.02 Å². The molecule has 0 saturated carbocycles. The number of halogens is 2. The molecule has 0 radical (unpaired) electrons. The number of benzene rings is 3. The summed E-state index contributed by atoms with van der Waals surface area (Å²) in [6.45, 7) is 3.84. The van der Waals surface area contributed by atoms with Crippen LogP contribution in [0.2, 0.25) is 10.0 Å². The first-order valence-electron chi connectivity index (χ1n) is 6.67. The molecule has 0 saturated heterocycles. The molecule has 0 spiro atoms. The van der Waals surface area contributed by atoms with E-state index < -0.39 is 0 Å². The Labute approximate surface area is 133 Å².